The van der Waals surface area contributed by atoms with Gasteiger partial charge in [-0.1, -0.05) is 13.3 Å². The molecule has 2 N–H and O–H groups in total. The summed E-state index contributed by atoms with van der Waals surface area (Å²) in [5, 5.41) is 12.8. The van der Waals surface area contributed by atoms with Crippen LogP contribution in [0.5, 0.6) is 0 Å². The monoisotopic (exact) mass is 297 g/mol. The topological polar surface area (TPSA) is 38.7 Å². The molecule has 0 aromatic rings. The predicted octanol–water partition coefficient (Wildman–Crippen LogP) is 1.69. The molecule has 21 heavy (non-hydrogen) atoms. The zero-order chi connectivity index (χ0) is 14.9. The van der Waals surface area contributed by atoms with Crippen LogP contribution in [0, 0.1) is 0 Å². The van der Waals surface area contributed by atoms with Crippen molar-refractivity contribution in [2.45, 2.75) is 64.0 Å². The zero-order valence-electron chi connectivity index (χ0n) is 13.9. The largest absolute Gasteiger partial charge is 0.395 e. The Kier molecular flexibility index (Phi) is 8.01. The molecule has 0 amide bonds. The summed E-state index contributed by atoms with van der Waals surface area (Å²) in [7, 11) is 0. The number of nitrogens with zero attached hydrogens (tertiary/aromatic N) is 2. The van der Waals surface area contributed by atoms with Crippen LogP contribution in [0.1, 0.15) is 51.9 Å². The van der Waals surface area contributed by atoms with Crippen LogP contribution in [0.15, 0.2) is 0 Å². The Hall–Kier alpha value is -0.160. The van der Waals surface area contributed by atoms with Gasteiger partial charge in [-0.25, -0.2) is 0 Å². The van der Waals surface area contributed by atoms with Crippen LogP contribution < -0.4 is 5.32 Å². The lowest BCUT2D eigenvalue weighted by Gasteiger charge is -2.40. The highest BCUT2D eigenvalue weighted by Crippen LogP contribution is 2.20. The molecule has 2 heterocycles. The summed E-state index contributed by atoms with van der Waals surface area (Å²) in [6, 6.07) is 1.12. The second kappa shape index (κ2) is 9.78. The van der Waals surface area contributed by atoms with Crippen LogP contribution in [0.3, 0.4) is 0 Å². The molecule has 0 radical (unpaired) electrons. The maximum absolute atomic E-state index is 9.41. The lowest BCUT2D eigenvalue weighted by atomic mass is 9.99. The second-order valence-corrected chi connectivity index (χ2v) is 6.79. The Morgan fingerprint density at radius 3 is 2.43 bits per heavy atom. The summed E-state index contributed by atoms with van der Waals surface area (Å²) in [5.74, 6) is 0. The molecule has 0 spiro atoms. The molecule has 2 saturated heterocycles. The molecule has 2 fully saturated rings. The molecule has 0 aliphatic carbocycles. The fourth-order valence-corrected chi connectivity index (χ4v) is 3.74. The van der Waals surface area contributed by atoms with Gasteiger partial charge in [-0.3, -0.25) is 0 Å². The number of nitrogens with one attached hydrogen (secondary N) is 1. The smallest absolute Gasteiger partial charge is 0.0585 e. The van der Waals surface area contributed by atoms with E-state index in [0.29, 0.717) is 0 Å². The summed E-state index contributed by atoms with van der Waals surface area (Å²) in [6.45, 7) is 9.74. The molecule has 1 atom stereocenters. The average Bonchev–Trinajstić information content (AvgIpc) is 2.56. The van der Waals surface area contributed by atoms with E-state index in [1.165, 1.54) is 58.3 Å². The number of aliphatic hydroxyl groups excluding tert-OH is 1. The standard InChI is InChI=1S/C17H35N3O/c1-2-9-18-16(15-21)6-12-19-13-7-17(8-14-19)20-10-4-3-5-11-20/h16-18,21H,2-15H2,1H3. The third kappa shape index (κ3) is 5.85. The Morgan fingerprint density at radius 1 is 1.10 bits per heavy atom. The first-order valence-corrected chi connectivity index (χ1v) is 9.14. The SMILES string of the molecule is CCCNC(CO)CCN1CCC(N2CCCCC2)CC1. The Labute approximate surface area is 130 Å². The molecule has 4 nitrogen and oxygen atoms in total. The molecule has 2 aliphatic rings. The van der Waals surface area contributed by atoms with Gasteiger partial charge in [0.1, 0.15) is 0 Å². The molecule has 0 bridgehead atoms. The summed E-state index contributed by atoms with van der Waals surface area (Å²) >= 11 is 0. The zero-order valence-corrected chi connectivity index (χ0v) is 13.9. The Balaban J connectivity index is 1.61. The molecule has 2 rings (SSSR count). The van der Waals surface area contributed by atoms with Crippen molar-refractivity contribution in [2.75, 3.05) is 45.9 Å². The first-order valence-electron chi connectivity index (χ1n) is 9.14. The maximum atomic E-state index is 9.41. The minimum atomic E-state index is 0.268. The van der Waals surface area contributed by atoms with Gasteiger partial charge >= 0.3 is 0 Å². The Morgan fingerprint density at radius 2 is 1.81 bits per heavy atom. The van der Waals surface area contributed by atoms with E-state index in [-0.39, 0.29) is 12.6 Å². The minimum Gasteiger partial charge on any atom is -0.395 e. The van der Waals surface area contributed by atoms with Crippen molar-refractivity contribution in [1.29, 1.82) is 0 Å². The lowest BCUT2D eigenvalue weighted by Crippen LogP contribution is -2.47. The number of aliphatic hydroxyl groups is 1. The van der Waals surface area contributed by atoms with E-state index >= 15 is 0 Å². The Bertz CT molecular complexity index is 261. The summed E-state index contributed by atoms with van der Waals surface area (Å²) < 4.78 is 0. The fourth-order valence-electron chi connectivity index (χ4n) is 3.74. The molecule has 124 valence electrons. The summed E-state index contributed by atoms with van der Waals surface area (Å²) in [4.78, 5) is 5.33. The first kappa shape index (κ1) is 17.2. The molecule has 2 aliphatic heterocycles. The van der Waals surface area contributed by atoms with E-state index in [9.17, 15) is 5.11 Å². The van der Waals surface area contributed by atoms with E-state index < -0.39 is 0 Å². The van der Waals surface area contributed by atoms with Gasteiger partial charge < -0.3 is 20.2 Å². The number of piperidine rings is 2. The van der Waals surface area contributed by atoms with Gasteiger partial charge in [-0.05, 0) is 77.8 Å². The third-order valence-corrected chi connectivity index (χ3v) is 5.16. The van der Waals surface area contributed by atoms with Crippen molar-refractivity contribution in [3.8, 4) is 0 Å². The van der Waals surface area contributed by atoms with Gasteiger partial charge in [0.25, 0.3) is 0 Å². The highest BCUT2D eigenvalue weighted by Gasteiger charge is 2.25. The average molecular weight is 297 g/mol. The van der Waals surface area contributed by atoms with Gasteiger partial charge in [0, 0.05) is 12.1 Å². The van der Waals surface area contributed by atoms with Crippen LogP contribution >= 0.6 is 0 Å². The molecule has 0 aromatic heterocycles. The van der Waals surface area contributed by atoms with Gasteiger partial charge in [-0.2, -0.15) is 0 Å². The second-order valence-electron chi connectivity index (χ2n) is 6.79. The van der Waals surface area contributed by atoms with E-state index in [0.717, 1.165) is 32.0 Å². The van der Waals surface area contributed by atoms with Crippen molar-refractivity contribution in [3.05, 3.63) is 0 Å². The minimum absolute atomic E-state index is 0.268. The number of rotatable bonds is 8. The van der Waals surface area contributed by atoms with Crippen molar-refractivity contribution in [3.63, 3.8) is 0 Å². The van der Waals surface area contributed by atoms with Gasteiger partial charge in [-0.15, -0.1) is 0 Å². The highest BCUT2D eigenvalue weighted by atomic mass is 16.3. The molecule has 0 saturated carbocycles. The van der Waals surface area contributed by atoms with Crippen molar-refractivity contribution >= 4 is 0 Å². The van der Waals surface area contributed by atoms with Crippen LogP contribution in [0.2, 0.25) is 0 Å². The number of likely N-dealkylation sites (tertiary alicyclic amines) is 2. The van der Waals surface area contributed by atoms with E-state index in [2.05, 4.69) is 22.0 Å². The van der Waals surface area contributed by atoms with E-state index in [4.69, 9.17) is 0 Å². The fraction of sp³-hybridized carbons (Fsp3) is 1.00. The van der Waals surface area contributed by atoms with Gasteiger partial charge in [0.05, 0.1) is 6.61 Å². The van der Waals surface area contributed by atoms with Crippen molar-refractivity contribution in [1.82, 2.24) is 15.1 Å². The van der Waals surface area contributed by atoms with Gasteiger partial charge in [0.2, 0.25) is 0 Å². The molecular weight excluding hydrogens is 262 g/mol. The van der Waals surface area contributed by atoms with Crippen molar-refractivity contribution < 1.29 is 5.11 Å². The third-order valence-electron chi connectivity index (χ3n) is 5.16. The van der Waals surface area contributed by atoms with Crippen LogP contribution in [-0.4, -0.2) is 72.9 Å². The normalized spacial score (nSPS) is 24.3. The maximum Gasteiger partial charge on any atom is 0.0585 e. The summed E-state index contributed by atoms with van der Waals surface area (Å²) in [6.07, 6.45) is 9.13. The van der Waals surface area contributed by atoms with Crippen LogP contribution in [0.4, 0.5) is 0 Å². The number of hydrogen-bond donors (Lipinski definition) is 2. The molecule has 1 unspecified atom stereocenters. The highest BCUT2D eigenvalue weighted by molar-refractivity contribution is 4.82. The first-order chi connectivity index (χ1) is 10.3. The molecule has 4 heteroatoms. The van der Waals surface area contributed by atoms with E-state index in [1.54, 1.807) is 0 Å². The summed E-state index contributed by atoms with van der Waals surface area (Å²) in [5.41, 5.74) is 0. The molecular formula is C17H35N3O. The number of hydrogen-bond acceptors (Lipinski definition) is 4. The molecule has 0 aromatic carbocycles. The van der Waals surface area contributed by atoms with E-state index in [1.807, 2.05) is 0 Å². The van der Waals surface area contributed by atoms with Crippen LogP contribution in [-0.2, 0) is 0 Å². The van der Waals surface area contributed by atoms with Crippen LogP contribution in [0.25, 0.3) is 0 Å². The quantitative estimate of drug-likeness (QED) is 0.715. The van der Waals surface area contributed by atoms with Crippen molar-refractivity contribution in [2.24, 2.45) is 0 Å². The van der Waals surface area contributed by atoms with Gasteiger partial charge in [0.15, 0.2) is 0 Å². The lowest BCUT2D eigenvalue weighted by molar-refractivity contribution is 0.0891. The predicted molar refractivity (Wildman–Crippen MR) is 88.7 cm³/mol.